The second-order valence-corrected chi connectivity index (χ2v) is 6.32. The van der Waals surface area contributed by atoms with E-state index in [0.29, 0.717) is 43.4 Å². The molecule has 1 atom stereocenters. The predicted octanol–water partition coefficient (Wildman–Crippen LogP) is 1.40. The molecule has 132 valence electrons. The van der Waals surface area contributed by atoms with Crippen LogP contribution in [0.1, 0.15) is 21.7 Å². The lowest BCUT2D eigenvalue weighted by molar-refractivity contribution is 0.0460. The van der Waals surface area contributed by atoms with E-state index >= 15 is 0 Å². The summed E-state index contributed by atoms with van der Waals surface area (Å²) in [5, 5.41) is 0. The van der Waals surface area contributed by atoms with Gasteiger partial charge in [0.2, 0.25) is 0 Å². The van der Waals surface area contributed by atoms with Gasteiger partial charge >= 0.3 is 0 Å². The summed E-state index contributed by atoms with van der Waals surface area (Å²) in [7, 11) is 3.63. The van der Waals surface area contributed by atoms with Crippen LogP contribution in [0.2, 0.25) is 0 Å². The van der Waals surface area contributed by atoms with Gasteiger partial charge in [-0.2, -0.15) is 0 Å². The van der Waals surface area contributed by atoms with Crippen LogP contribution in [0.3, 0.4) is 0 Å². The number of carbonyl (C=O) groups excluding carboxylic acids is 1. The van der Waals surface area contributed by atoms with Gasteiger partial charge in [-0.05, 0) is 12.1 Å². The van der Waals surface area contributed by atoms with Crippen molar-refractivity contribution in [3.8, 4) is 11.5 Å². The number of hydrogen-bond donors (Lipinski definition) is 0. The fourth-order valence-electron chi connectivity index (χ4n) is 3.50. The monoisotopic (exact) mass is 343 g/mol. The van der Waals surface area contributed by atoms with Gasteiger partial charge in [-0.3, -0.25) is 4.79 Å². The molecule has 0 saturated carbocycles. The number of amides is 1. The molecule has 2 aliphatic rings. The van der Waals surface area contributed by atoms with Gasteiger partial charge in [0.05, 0.1) is 36.8 Å². The Kier molecular flexibility index (Phi) is 4.09. The number of carbonyl (C=O) groups is 1. The molecule has 1 aromatic carbocycles. The topological polar surface area (TPSA) is 65.8 Å². The third-order valence-corrected chi connectivity index (χ3v) is 4.75. The molecule has 0 N–H and O–H groups in total. The summed E-state index contributed by atoms with van der Waals surface area (Å²) in [5.41, 5.74) is 2.61. The predicted molar refractivity (Wildman–Crippen MR) is 89.9 cm³/mol. The summed E-state index contributed by atoms with van der Waals surface area (Å²) in [6.45, 7) is 1.89. The van der Waals surface area contributed by atoms with Crippen molar-refractivity contribution in [3.05, 3.63) is 41.5 Å². The quantitative estimate of drug-likeness (QED) is 0.843. The van der Waals surface area contributed by atoms with Crippen LogP contribution in [0.25, 0.3) is 0 Å². The van der Waals surface area contributed by atoms with E-state index in [0.717, 1.165) is 17.8 Å². The summed E-state index contributed by atoms with van der Waals surface area (Å²) >= 11 is 0. The van der Waals surface area contributed by atoms with Gasteiger partial charge in [0.15, 0.2) is 11.5 Å². The number of imidazole rings is 1. The summed E-state index contributed by atoms with van der Waals surface area (Å²) < 4.78 is 18.7. The molecule has 2 aromatic rings. The number of aryl methyl sites for hydroxylation is 1. The highest BCUT2D eigenvalue weighted by Crippen LogP contribution is 2.35. The van der Waals surface area contributed by atoms with Crippen LogP contribution in [-0.2, 0) is 24.8 Å². The van der Waals surface area contributed by atoms with Gasteiger partial charge in [0, 0.05) is 26.3 Å². The maximum Gasteiger partial charge on any atom is 0.258 e. The maximum absolute atomic E-state index is 13.3. The Balaban J connectivity index is 1.69. The van der Waals surface area contributed by atoms with Crippen LogP contribution in [0.4, 0.5) is 0 Å². The normalized spacial score (nSPS) is 18.8. The summed E-state index contributed by atoms with van der Waals surface area (Å²) in [5.74, 6) is 1.07. The van der Waals surface area contributed by atoms with Crippen molar-refractivity contribution in [1.29, 1.82) is 0 Å². The Bertz CT molecular complexity index is 802. The van der Waals surface area contributed by atoms with Crippen LogP contribution in [0.15, 0.2) is 24.5 Å². The molecular formula is C18H21N3O4. The molecule has 0 fully saturated rings. The average Bonchev–Trinajstić information content (AvgIpc) is 3.00. The highest BCUT2D eigenvalue weighted by atomic mass is 16.6. The van der Waals surface area contributed by atoms with Crippen LogP contribution in [0.5, 0.6) is 11.5 Å². The lowest BCUT2D eigenvalue weighted by Gasteiger charge is -2.35. The number of aromatic nitrogens is 2. The summed E-state index contributed by atoms with van der Waals surface area (Å²) in [6, 6.07) is 5.39. The molecule has 0 aliphatic carbocycles. The van der Waals surface area contributed by atoms with Gasteiger partial charge in [-0.15, -0.1) is 0 Å². The summed E-state index contributed by atoms with van der Waals surface area (Å²) in [6.07, 6.45) is 2.52. The minimum atomic E-state index is -0.0827. The van der Waals surface area contributed by atoms with Gasteiger partial charge in [0.25, 0.3) is 5.91 Å². The fraction of sp³-hybridized carbons (Fsp3) is 0.444. The molecule has 0 spiro atoms. The van der Waals surface area contributed by atoms with E-state index in [1.807, 2.05) is 28.6 Å². The van der Waals surface area contributed by atoms with Crippen molar-refractivity contribution >= 4 is 5.91 Å². The van der Waals surface area contributed by atoms with E-state index in [1.165, 1.54) is 0 Å². The molecule has 0 bridgehead atoms. The zero-order valence-corrected chi connectivity index (χ0v) is 14.4. The molecule has 7 nitrogen and oxygen atoms in total. The fourth-order valence-corrected chi connectivity index (χ4v) is 3.50. The van der Waals surface area contributed by atoms with Crippen molar-refractivity contribution in [3.63, 3.8) is 0 Å². The van der Waals surface area contributed by atoms with Crippen LogP contribution < -0.4 is 9.47 Å². The SMILES string of the molecule is COCC1Cc2c(ncn2C)CN1C(=O)c1cccc2c1OCCO2. The van der Waals surface area contributed by atoms with E-state index in [9.17, 15) is 4.79 Å². The smallest absolute Gasteiger partial charge is 0.258 e. The lowest BCUT2D eigenvalue weighted by Crippen LogP contribution is -2.47. The number of nitrogens with zero attached hydrogens (tertiary/aromatic N) is 3. The van der Waals surface area contributed by atoms with E-state index < -0.39 is 0 Å². The maximum atomic E-state index is 13.3. The van der Waals surface area contributed by atoms with Gasteiger partial charge in [-0.25, -0.2) is 4.98 Å². The number of para-hydroxylation sites is 1. The third-order valence-electron chi connectivity index (χ3n) is 4.75. The number of fused-ring (bicyclic) bond motifs is 2. The van der Waals surface area contributed by atoms with Crippen LogP contribution >= 0.6 is 0 Å². The molecule has 1 amide bonds. The number of benzene rings is 1. The Labute approximate surface area is 146 Å². The molecule has 0 saturated heterocycles. The van der Waals surface area contributed by atoms with Crippen molar-refractivity contribution < 1.29 is 19.0 Å². The minimum Gasteiger partial charge on any atom is -0.486 e. The van der Waals surface area contributed by atoms with E-state index in [-0.39, 0.29) is 11.9 Å². The highest BCUT2D eigenvalue weighted by molar-refractivity contribution is 5.98. The first-order valence-electron chi connectivity index (χ1n) is 8.36. The van der Waals surface area contributed by atoms with Gasteiger partial charge in [0.1, 0.15) is 13.2 Å². The third kappa shape index (κ3) is 2.74. The highest BCUT2D eigenvalue weighted by Gasteiger charge is 2.34. The Morgan fingerprint density at radius 3 is 3.04 bits per heavy atom. The Hall–Kier alpha value is -2.54. The molecule has 0 radical (unpaired) electrons. The van der Waals surface area contributed by atoms with Crippen molar-refractivity contribution in [1.82, 2.24) is 14.5 Å². The molecule has 7 heteroatoms. The largest absolute Gasteiger partial charge is 0.486 e. The van der Waals surface area contributed by atoms with Gasteiger partial charge in [-0.1, -0.05) is 6.07 Å². The minimum absolute atomic E-state index is 0.0410. The Morgan fingerprint density at radius 2 is 2.20 bits per heavy atom. The zero-order valence-electron chi connectivity index (χ0n) is 14.4. The summed E-state index contributed by atoms with van der Waals surface area (Å²) in [4.78, 5) is 19.5. The molecule has 1 unspecified atom stereocenters. The molecule has 3 heterocycles. The first-order chi connectivity index (χ1) is 12.2. The lowest BCUT2D eigenvalue weighted by atomic mass is 10.0. The number of rotatable bonds is 3. The van der Waals surface area contributed by atoms with Gasteiger partial charge < -0.3 is 23.7 Å². The van der Waals surface area contributed by atoms with Crippen LogP contribution in [0, 0.1) is 0 Å². The first-order valence-corrected chi connectivity index (χ1v) is 8.36. The van der Waals surface area contributed by atoms with Crippen molar-refractivity contribution in [2.24, 2.45) is 7.05 Å². The van der Waals surface area contributed by atoms with E-state index in [1.54, 1.807) is 19.5 Å². The molecule has 25 heavy (non-hydrogen) atoms. The van der Waals surface area contributed by atoms with E-state index in [4.69, 9.17) is 14.2 Å². The number of hydrogen-bond acceptors (Lipinski definition) is 5. The molecule has 4 rings (SSSR count). The Morgan fingerprint density at radius 1 is 1.36 bits per heavy atom. The van der Waals surface area contributed by atoms with E-state index in [2.05, 4.69) is 4.98 Å². The van der Waals surface area contributed by atoms with Crippen molar-refractivity contribution in [2.45, 2.75) is 19.0 Å². The van der Waals surface area contributed by atoms with Crippen LogP contribution in [-0.4, -0.2) is 53.3 Å². The molecule has 2 aliphatic heterocycles. The zero-order chi connectivity index (χ0) is 17.4. The molecular weight excluding hydrogens is 322 g/mol. The number of ether oxygens (including phenoxy) is 3. The second kappa shape index (κ2) is 6.40. The first kappa shape index (κ1) is 16.0. The second-order valence-electron chi connectivity index (χ2n) is 6.32. The molecule has 1 aromatic heterocycles. The van der Waals surface area contributed by atoms with Crippen molar-refractivity contribution in [2.75, 3.05) is 26.9 Å². The standard InChI is InChI=1S/C18H21N3O4/c1-20-11-19-14-9-21(12(10-23-2)8-15(14)20)18(22)13-4-3-5-16-17(13)25-7-6-24-16/h3-5,11-12H,6-10H2,1-2H3. The average molecular weight is 343 g/mol. The number of methoxy groups -OCH3 is 1.